The highest BCUT2D eigenvalue weighted by molar-refractivity contribution is 5.76. The van der Waals surface area contributed by atoms with Gasteiger partial charge in [0, 0.05) is 6.42 Å². The minimum absolute atomic E-state index is 0.186. The number of ether oxygens (including phenoxy) is 2. The van der Waals surface area contributed by atoms with E-state index >= 15 is 0 Å². The summed E-state index contributed by atoms with van der Waals surface area (Å²) < 4.78 is 11.3. The first kappa shape index (κ1) is 82.6. The van der Waals surface area contributed by atoms with Gasteiger partial charge in [0.2, 0.25) is 5.91 Å². The van der Waals surface area contributed by atoms with Gasteiger partial charge in [0.1, 0.15) is 24.4 Å². The summed E-state index contributed by atoms with van der Waals surface area (Å²) in [5, 5.41) is 54.8. The number of amides is 1. The largest absolute Gasteiger partial charge is 0.394 e. The van der Waals surface area contributed by atoms with Crippen molar-refractivity contribution in [3.63, 3.8) is 0 Å². The molecule has 1 saturated heterocycles. The van der Waals surface area contributed by atoms with Crippen molar-refractivity contribution in [3.8, 4) is 0 Å². The molecule has 88 heavy (non-hydrogen) atoms. The monoisotopic (exact) mass is 1230 g/mol. The highest BCUT2D eigenvalue weighted by Crippen LogP contribution is 2.23. The average Bonchev–Trinajstić information content (AvgIpc) is 3.31. The van der Waals surface area contributed by atoms with Gasteiger partial charge in [-0.25, -0.2) is 0 Å². The van der Waals surface area contributed by atoms with Gasteiger partial charge in [0.05, 0.1) is 25.4 Å². The summed E-state index contributed by atoms with van der Waals surface area (Å²) in [6.45, 7) is 3.68. The van der Waals surface area contributed by atoms with E-state index in [-0.39, 0.29) is 12.5 Å². The molecule has 0 aromatic rings. The first-order valence-electron chi connectivity index (χ1n) is 36.8. The summed E-state index contributed by atoms with van der Waals surface area (Å²) in [4.78, 5) is 13.1. The maximum absolute atomic E-state index is 13.1. The molecule has 0 bridgehead atoms. The summed E-state index contributed by atoms with van der Waals surface area (Å²) in [5.74, 6) is -0.186. The van der Waals surface area contributed by atoms with Crippen molar-refractivity contribution in [2.75, 3.05) is 13.2 Å². The van der Waals surface area contributed by atoms with Gasteiger partial charge in [0.15, 0.2) is 6.29 Å². The molecular weight excluding hydrogens is 1090 g/mol. The van der Waals surface area contributed by atoms with Crippen LogP contribution in [0.25, 0.3) is 0 Å². The Labute approximate surface area is 541 Å². The molecule has 0 radical (unpaired) electrons. The second-order valence-electron chi connectivity index (χ2n) is 25.0. The van der Waals surface area contributed by atoms with Crippen LogP contribution in [0, 0.1) is 0 Å². The van der Waals surface area contributed by atoms with E-state index in [4.69, 9.17) is 9.47 Å². The molecule has 506 valence electrons. The molecule has 0 spiro atoms. The Morgan fingerprint density at radius 3 is 1.09 bits per heavy atom. The zero-order valence-corrected chi connectivity index (χ0v) is 56.7. The molecular formula is C79H137NO8. The van der Waals surface area contributed by atoms with E-state index in [1.807, 2.05) is 6.08 Å². The minimum Gasteiger partial charge on any atom is -0.394 e. The quantitative estimate of drug-likeness (QED) is 0.0261. The Morgan fingerprint density at radius 2 is 0.716 bits per heavy atom. The number of allylic oxidation sites excluding steroid dienone is 19. The summed E-state index contributed by atoms with van der Waals surface area (Å²) >= 11 is 0. The molecule has 0 aliphatic carbocycles. The Hall–Kier alpha value is -3.41. The van der Waals surface area contributed by atoms with Crippen LogP contribution in [0.5, 0.6) is 0 Å². The van der Waals surface area contributed by atoms with Crippen molar-refractivity contribution in [1.82, 2.24) is 5.32 Å². The van der Waals surface area contributed by atoms with E-state index in [0.29, 0.717) is 6.42 Å². The summed E-state index contributed by atoms with van der Waals surface area (Å²) in [6, 6.07) is -0.829. The minimum atomic E-state index is -1.58. The number of aliphatic hydroxyl groups is 5. The first-order chi connectivity index (χ1) is 43.3. The van der Waals surface area contributed by atoms with Crippen molar-refractivity contribution >= 4 is 5.91 Å². The summed E-state index contributed by atoms with van der Waals surface area (Å²) in [5.41, 5.74) is 0. The third kappa shape index (κ3) is 54.3. The molecule has 1 fully saturated rings. The predicted molar refractivity (Wildman–Crippen MR) is 377 cm³/mol. The van der Waals surface area contributed by atoms with Gasteiger partial charge >= 0.3 is 0 Å². The average molecular weight is 1230 g/mol. The highest BCUT2D eigenvalue weighted by Gasteiger charge is 2.44. The molecule has 0 aromatic heterocycles. The van der Waals surface area contributed by atoms with E-state index in [2.05, 4.69) is 129 Å². The van der Waals surface area contributed by atoms with E-state index in [1.165, 1.54) is 205 Å². The normalized spacial score (nSPS) is 18.6. The molecule has 7 atom stereocenters. The second-order valence-corrected chi connectivity index (χ2v) is 25.0. The van der Waals surface area contributed by atoms with Gasteiger partial charge in [-0.05, 0) is 96.3 Å². The number of rotatable bonds is 63. The van der Waals surface area contributed by atoms with Gasteiger partial charge in [-0.2, -0.15) is 0 Å². The van der Waals surface area contributed by atoms with Crippen LogP contribution in [-0.2, 0) is 14.3 Å². The van der Waals surface area contributed by atoms with Gasteiger partial charge in [-0.15, -0.1) is 0 Å². The molecule has 6 N–H and O–H groups in total. The van der Waals surface area contributed by atoms with Crippen LogP contribution < -0.4 is 5.32 Å². The fraction of sp³-hybridized carbons (Fsp3) is 0.734. The number of unbranched alkanes of at least 4 members (excludes halogenated alkanes) is 35. The molecule has 0 aromatic carbocycles. The number of nitrogens with one attached hydrogen (secondary N) is 1. The Kier molecular flexibility index (Phi) is 62.4. The lowest BCUT2D eigenvalue weighted by Gasteiger charge is -2.40. The topological polar surface area (TPSA) is 149 Å². The fourth-order valence-corrected chi connectivity index (χ4v) is 11.1. The predicted octanol–water partition coefficient (Wildman–Crippen LogP) is 20.6. The smallest absolute Gasteiger partial charge is 0.220 e. The number of hydrogen-bond acceptors (Lipinski definition) is 8. The number of hydrogen-bond donors (Lipinski definition) is 6. The third-order valence-corrected chi connectivity index (χ3v) is 16.8. The van der Waals surface area contributed by atoms with Crippen LogP contribution >= 0.6 is 0 Å². The third-order valence-electron chi connectivity index (χ3n) is 16.8. The Balaban J connectivity index is 2.11. The number of carbonyl (C=O) groups is 1. The SMILES string of the molecule is CC/C=C\C/C=C\C/C=C\C/C=C\C/C=C\C/C=C\C/C=C\C/C=C\CCCCCCCCCCCCCCCCCCC(=O)NC(COC1OC(CO)C(O)C(O)C1O)C(O)/C=C/CC/C=C/CCCCCCCCCCCCCCCCCCCC. The highest BCUT2D eigenvalue weighted by atomic mass is 16.7. The molecule has 0 saturated carbocycles. The number of aliphatic hydroxyl groups excluding tert-OH is 5. The molecule has 1 amide bonds. The lowest BCUT2D eigenvalue weighted by Crippen LogP contribution is -2.60. The van der Waals surface area contributed by atoms with Gasteiger partial charge in [-0.3, -0.25) is 4.79 Å². The first-order valence-corrected chi connectivity index (χ1v) is 36.8. The Morgan fingerprint density at radius 1 is 0.398 bits per heavy atom. The van der Waals surface area contributed by atoms with Crippen molar-refractivity contribution in [1.29, 1.82) is 0 Å². The summed E-state index contributed by atoms with van der Waals surface area (Å²) in [6.07, 6.45) is 93.1. The van der Waals surface area contributed by atoms with Crippen LogP contribution in [0.4, 0.5) is 0 Å². The standard InChI is InChI=1S/C79H137NO8/c1-3-5-7-9-11-13-15-17-19-21-23-25-27-29-30-31-32-33-34-35-36-37-38-39-40-41-42-43-44-45-47-49-51-53-55-57-59-61-63-65-67-69-75(83)80-72(71-87-79-78(86)77(85)76(84)74(70-81)88-79)73(82)68-66-64-62-60-58-56-54-52-50-48-46-28-26-24-22-20-18-16-14-12-10-8-6-4-2/h5,7,11,13,17,19,23,25,29-30,32-33,35-36,38-39,58,60,66,68,72-74,76-79,81-82,84-86H,3-4,6,8-10,12,14-16,18,20-22,24,26-28,31,34,37,40-57,59,61-65,67,69-71H2,1-2H3,(H,80,83)/b7-5-,13-11-,19-17-,25-23-,30-29-,33-32-,36-35-,39-38-,60-58+,68-66+. The lowest BCUT2D eigenvalue weighted by molar-refractivity contribution is -0.302. The van der Waals surface area contributed by atoms with Crippen LogP contribution in [0.3, 0.4) is 0 Å². The second kappa shape index (κ2) is 66.5. The molecule has 1 heterocycles. The molecule has 9 nitrogen and oxygen atoms in total. The maximum Gasteiger partial charge on any atom is 0.220 e. The molecule has 1 aliphatic heterocycles. The van der Waals surface area contributed by atoms with Crippen molar-refractivity contribution < 1.29 is 39.8 Å². The summed E-state index contributed by atoms with van der Waals surface area (Å²) in [7, 11) is 0. The van der Waals surface area contributed by atoms with Gasteiger partial charge in [0.25, 0.3) is 0 Å². The van der Waals surface area contributed by atoms with Crippen LogP contribution in [-0.4, -0.2) is 87.5 Å². The van der Waals surface area contributed by atoms with E-state index in [0.717, 1.165) is 89.9 Å². The Bertz CT molecular complexity index is 1810. The van der Waals surface area contributed by atoms with Crippen molar-refractivity contribution in [2.45, 2.75) is 358 Å². The van der Waals surface area contributed by atoms with Crippen molar-refractivity contribution in [3.05, 3.63) is 122 Å². The van der Waals surface area contributed by atoms with E-state index < -0.39 is 49.5 Å². The number of carbonyl (C=O) groups excluding carboxylic acids is 1. The van der Waals surface area contributed by atoms with Crippen LogP contribution in [0.15, 0.2) is 122 Å². The molecule has 7 unspecified atom stereocenters. The van der Waals surface area contributed by atoms with Gasteiger partial charge in [-0.1, -0.05) is 334 Å². The van der Waals surface area contributed by atoms with Gasteiger partial charge < -0.3 is 40.3 Å². The lowest BCUT2D eigenvalue weighted by atomic mass is 9.99. The van der Waals surface area contributed by atoms with E-state index in [1.54, 1.807) is 6.08 Å². The molecule has 9 heteroatoms. The molecule has 1 rings (SSSR count). The fourth-order valence-electron chi connectivity index (χ4n) is 11.1. The maximum atomic E-state index is 13.1. The van der Waals surface area contributed by atoms with Crippen LogP contribution in [0.1, 0.15) is 316 Å². The van der Waals surface area contributed by atoms with E-state index in [9.17, 15) is 30.3 Å². The zero-order valence-electron chi connectivity index (χ0n) is 56.7. The van der Waals surface area contributed by atoms with Crippen LogP contribution in [0.2, 0.25) is 0 Å². The zero-order chi connectivity index (χ0) is 63.5. The van der Waals surface area contributed by atoms with Crippen molar-refractivity contribution in [2.24, 2.45) is 0 Å². The molecule has 1 aliphatic rings.